The summed E-state index contributed by atoms with van der Waals surface area (Å²) in [6, 6.07) is 22.7. The van der Waals surface area contributed by atoms with Crippen LogP contribution in [0.2, 0.25) is 0 Å². The van der Waals surface area contributed by atoms with Gasteiger partial charge in [0, 0.05) is 40.5 Å². The maximum atomic E-state index is 12.3. The van der Waals surface area contributed by atoms with Crippen LogP contribution in [0.1, 0.15) is 11.1 Å². The third kappa shape index (κ3) is 4.29. The van der Waals surface area contributed by atoms with E-state index in [1.54, 1.807) is 11.3 Å². The molecule has 0 aliphatic carbocycles. The van der Waals surface area contributed by atoms with E-state index in [0.29, 0.717) is 30.3 Å². The lowest BCUT2D eigenvalue weighted by molar-refractivity contribution is 0.256. The Bertz CT molecular complexity index is 1540. The molecule has 2 heterocycles. The molecule has 8 heteroatoms. The Balaban J connectivity index is 1.54. The molecule has 8 N–H and O–H groups in total. The van der Waals surface area contributed by atoms with E-state index in [2.05, 4.69) is 22.5 Å². The smallest absolute Gasteiger partial charge is 0.323 e. The van der Waals surface area contributed by atoms with Gasteiger partial charge >= 0.3 is 6.03 Å². The number of anilines is 3. The Labute approximate surface area is 213 Å². The largest absolute Gasteiger partial charge is 0.383 e. The highest BCUT2D eigenvalue weighted by Gasteiger charge is 2.18. The lowest BCUT2D eigenvalue weighted by Crippen LogP contribution is -2.31. The van der Waals surface area contributed by atoms with Crippen LogP contribution in [-0.4, -0.2) is 11.0 Å². The summed E-state index contributed by atoms with van der Waals surface area (Å²) in [6.45, 7) is 0.875. The van der Waals surface area contributed by atoms with Crippen LogP contribution >= 0.6 is 11.3 Å². The molecule has 0 fully saturated rings. The highest BCUT2D eigenvalue weighted by Crippen LogP contribution is 2.42. The van der Waals surface area contributed by atoms with Gasteiger partial charge in [0.15, 0.2) is 0 Å². The summed E-state index contributed by atoms with van der Waals surface area (Å²) >= 11 is 1.63. The minimum atomic E-state index is -0.573. The fourth-order valence-electron chi connectivity index (χ4n) is 4.32. The molecule has 0 radical (unpaired) electrons. The number of benzene rings is 3. The van der Waals surface area contributed by atoms with E-state index in [9.17, 15) is 4.79 Å². The van der Waals surface area contributed by atoms with Crippen LogP contribution in [-0.2, 0) is 13.1 Å². The standard InChI is InChI=1S/C28H26N6OS/c29-13-17-4-6-19(7-5-17)23-15-33-27(31)25-24(16-36-26(23)25)20-8-10-21(11-9-20)34(28(32)35)22-3-1-2-18(12-22)14-30/h1-12,15-16H,13-14,29-30H2,(H2,31,33)(H2,32,35). The van der Waals surface area contributed by atoms with Crippen molar-refractivity contribution in [1.29, 1.82) is 0 Å². The van der Waals surface area contributed by atoms with Gasteiger partial charge < -0.3 is 22.9 Å². The number of urea groups is 1. The molecule has 5 aromatic rings. The molecule has 3 aromatic carbocycles. The molecular weight excluding hydrogens is 468 g/mol. The number of aromatic nitrogens is 1. The van der Waals surface area contributed by atoms with Crippen molar-refractivity contribution in [3.8, 4) is 22.3 Å². The first-order valence-corrected chi connectivity index (χ1v) is 12.3. The van der Waals surface area contributed by atoms with Crippen molar-refractivity contribution in [2.24, 2.45) is 17.2 Å². The molecule has 180 valence electrons. The Morgan fingerprint density at radius 2 is 1.50 bits per heavy atom. The number of pyridine rings is 1. The summed E-state index contributed by atoms with van der Waals surface area (Å²) in [4.78, 5) is 18.3. The van der Waals surface area contributed by atoms with Crippen molar-refractivity contribution in [2.75, 3.05) is 10.6 Å². The molecule has 0 saturated heterocycles. The van der Waals surface area contributed by atoms with Gasteiger partial charge in [0.1, 0.15) is 5.82 Å². The normalized spacial score (nSPS) is 11.1. The molecule has 0 atom stereocenters. The van der Waals surface area contributed by atoms with Gasteiger partial charge in [-0.1, -0.05) is 48.5 Å². The number of thiophene rings is 1. The van der Waals surface area contributed by atoms with Gasteiger partial charge in [-0.25, -0.2) is 9.78 Å². The maximum absolute atomic E-state index is 12.3. The Hall–Kier alpha value is -4.24. The molecule has 7 nitrogen and oxygen atoms in total. The van der Waals surface area contributed by atoms with E-state index >= 15 is 0 Å². The second kappa shape index (κ2) is 9.79. The SMILES string of the molecule is NCc1ccc(-c2cnc(N)c3c(-c4ccc(N(C(N)=O)c5cccc(CN)c5)cc4)csc23)cc1. The molecular formula is C28H26N6OS. The van der Waals surface area contributed by atoms with E-state index in [1.807, 2.05) is 66.9 Å². The molecule has 0 aliphatic heterocycles. The first kappa shape index (κ1) is 23.5. The van der Waals surface area contributed by atoms with Crippen LogP contribution in [0.25, 0.3) is 32.3 Å². The van der Waals surface area contributed by atoms with Gasteiger partial charge in [0.2, 0.25) is 0 Å². The number of carbonyl (C=O) groups excluding carboxylic acids is 1. The number of rotatable bonds is 6. The highest BCUT2D eigenvalue weighted by molar-refractivity contribution is 7.18. The van der Waals surface area contributed by atoms with Gasteiger partial charge in [-0.3, -0.25) is 4.90 Å². The second-order valence-electron chi connectivity index (χ2n) is 8.41. The zero-order valence-electron chi connectivity index (χ0n) is 19.5. The summed E-state index contributed by atoms with van der Waals surface area (Å²) in [5.74, 6) is 0.477. The van der Waals surface area contributed by atoms with Crippen molar-refractivity contribution in [2.45, 2.75) is 13.1 Å². The number of nitrogens with two attached hydrogens (primary N) is 4. The fraction of sp³-hybridized carbons (Fsp3) is 0.0714. The average molecular weight is 495 g/mol. The quantitative estimate of drug-likeness (QED) is 0.252. The molecule has 0 aliphatic rings. The van der Waals surface area contributed by atoms with Gasteiger partial charge in [-0.15, -0.1) is 11.3 Å². The molecule has 5 rings (SSSR count). The molecule has 0 bridgehead atoms. The van der Waals surface area contributed by atoms with E-state index < -0.39 is 6.03 Å². The topological polar surface area (TPSA) is 137 Å². The zero-order valence-corrected chi connectivity index (χ0v) is 20.3. The Morgan fingerprint density at radius 3 is 2.17 bits per heavy atom. The predicted octanol–water partition coefficient (Wildman–Crippen LogP) is 5.35. The van der Waals surface area contributed by atoms with Gasteiger partial charge in [-0.05, 0) is 51.9 Å². The lowest BCUT2D eigenvalue weighted by atomic mass is 10.0. The monoisotopic (exact) mass is 494 g/mol. The minimum absolute atomic E-state index is 0.374. The number of primary amides is 1. The number of nitrogens with zero attached hydrogens (tertiary/aromatic N) is 2. The molecule has 0 unspecified atom stereocenters. The number of hydrogen-bond donors (Lipinski definition) is 4. The number of carbonyl (C=O) groups is 1. The summed E-state index contributed by atoms with van der Waals surface area (Å²) in [7, 11) is 0. The van der Waals surface area contributed by atoms with E-state index in [1.165, 1.54) is 4.90 Å². The van der Waals surface area contributed by atoms with Crippen LogP contribution in [0, 0.1) is 0 Å². The highest BCUT2D eigenvalue weighted by atomic mass is 32.1. The van der Waals surface area contributed by atoms with Crippen LogP contribution in [0.5, 0.6) is 0 Å². The van der Waals surface area contributed by atoms with E-state index in [4.69, 9.17) is 22.9 Å². The van der Waals surface area contributed by atoms with Crippen LogP contribution < -0.4 is 27.8 Å². The van der Waals surface area contributed by atoms with Gasteiger partial charge in [0.25, 0.3) is 0 Å². The number of amides is 2. The first-order chi connectivity index (χ1) is 17.5. The van der Waals surface area contributed by atoms with Crippen LogP contribution in [0.15, 0.2) is 84.4 Å². The third-order valence-corrected chi connectivity index (χ3v) is 7.20. The van der Waals surface area contributed by atoms with Crippen LogP contribution in [0.3, 0.4) is 0 Å². The maximum Gasteiger partial charge on any atom is 0.323 e. The van der Waals surface area contributed by atoms with Crippen molar-refractivity contribution in [1.82, 2.24) is 4.98 Å². The Kier molecular flexibility index (Phi) is 6.39. The van der Waals surface area contributed by atoms with E-state index in [0.717, 1.165) is 43.5 Å². The van der Waals surface area contributed by atoms with Crippen LogP contribution in [0.4, 0.5) is 22.0 Å². The minimum Gasteiger partial charge on any atom is -0.383 e. The second-order valence-corrected chi connectivity index (χ2v) is 9.29. The number of hydrogen-bond acceptors (Lipinski definition) is 6. The third-order valence-electron chi connectivity index (χ3n) is 6.19. The molecule has 0 saturated carbocycles. The van der Waals surface area contributed by atoms with E-state index in [-0.39, 0.29) is 0 Å². The van der Waals surface area contributed by atoms with Gasteiger partial charge in [-0.2, -0.15) is 0 Å². The predicted molar refractivity (Wildman–Crippen MR) is 149 cm³/mol. The van der Waals surface area contributed by atoms with Crippen molar-refractivity contribution >= 4 is 44.6 Å². The Morgan fingerprint density at radius 1 is 0.833 bits per heavy atom. The molecule has 36 heavy (non-hydrogen) atoms. The first-order valence-electron chi connectivity index (χ1n) is 11.4. The summed E-state index contributed by atoms with van der Waals surface area (Å²) < 4.78 is 1.07. The number of nitrogen functional groups attached to an aromatic ring is 1. The molecule has 0 spiro atoms. The summed E-state index contributed by atoms with van der Waals surface area (Å²) in [6.07, 6.45) is 1.82. The lowest BCUT2D eigenvalue weighted by Gasteiger charge is -2.21. The zero-order chi connectivity index (χ0) is 25.2. The number of fused-ring (bicyclic) bond motifs is 1. The molecule has 2 aromatic heterocycles. The molecule has 2 amide bonds. The fourth-order valence-corrected chi connectivity index (χ4v) is 5.44. The summed E-state index contributed by atoms with van der Waals surface area (Å²) in [5, 5.41) is 3.00. The van der Waals surface area contributed by atoms with Crippen molar-refractivity contribution in [3.05, 3.63) is 95.5 Å². The average Bonchev–Trinajstić information content (AvgIpc) is 3.36. The van der Waals surface area contributed by atoms with Crippen molar-refractivity contribution in [3.63, 3.8) is 0 Å². The van der Waals surface area contributed by atoms with Crippen molar-refractivity contribution < 1.29 is 4.79 Å². The van der Waals surface area contributed by atoms with Gasteiger partial charge in [0.05, 0.1) is 11.4 Å². The summed E-state index contributed by atoms with van der Waals surface area (Å²) in [5.41, 5.74) is 31.0.